The predicted molar refractivity (Wildman–Crippen MR) is 286 cm³/mol. The molecule has 66 heavy (non-hydrogen) atoms. The summed E-state index contributed by atoms with van der Waals surface area (Å²) in [7, 11) is 0. The van der Waals surface area contributed by atoms with Gasteiger partial charge in [-0.2, -0.15) is 0 Å². The zero-order valence-corrected chi connectivity index (χ0v) is 42.5. The number of nitrogens with one attached hydrogen (secondary N) is 1. The Morgan fingerprint density at radius 1 is 0.485 bits per heavy atom. The van der Waals surface area contributed by atoms with Crippen LogP contribution in [0.15, 0.2) is 122 Å². The number of hydrogen-bond acceptors (Lipinski definition) is 5. The van der Waals surface area contributed by atoms with Crippen LogP contribution in [-0.4, -0.2) is 46.9 Å². The normalized spacial score (nSPS) is 14.2. The molecule has 3 unspecified atom stereocenters. The highest BCUT2D eigenvalue weighted by atomic mass is 16.5. The van der Waals surface area contributed by atoms with Gasteiger partial charge >= 0.3 is 5.97 Å². The van der Waals surface area contributed by atoms with Gasteiger partial charge in [-0.3, -0.25) is 9.59 Å². The Morgan fingerprint density at radius 2 is 0.909 bits per heavy atom. The molecule has 0 aliphatic carbocycles. The van der Waals surface area contributed by atoms with Gasteiger partial charge in [0, 0.05) is 12.8 Å². The fourth-order valence-corrected chi connectivity index (χ4v) is 7.41. The Hall–Kier alpha value is -3.74. The van der Waals surface area contributed by atoms with Gasteiger partial charge in [-0.1, -0.05) is 258 Å². The highest BCUT2D eigenvalue weighted by Gasteiger charge is 2.23. The molecule has 3 N–H and O–H groups in total. The molecule has 374 valence electrons. The van der Waals surface area contributed by atoms with E-state index in [1.807, 2.05) is 60.8 Å². The topological polar surface area (TPSA) is 95.9 Å². The first kappa shape index (κ1) is 62.3. The predicted octanol–water partition coefficient (Wildman–Crippen LogP) is 16.5. The summed E-state index contributed by atoms with van der Waals surface area (Å²) >= 11 is 0. The van der Waals surface area contributed by atoms with Gasteiger partial charge in [0.1, 0.15) is 6.10 Å². The smallest absolute Gasteiger partial charge is 0.306 e. The Bertz CT molecular complexity index is 1390. The number of carbonyl (C=O) groups excluding carboxylic acids is 2. The van der Waals surface area contributed by atoms with E-state index in [0.29, 0.717) is 19.3 Å². The van der Waals surface area contributed by atoms with Gasteiger partial charge < -0.3 is 20.3 Å². The number of unbranched alkanes of at least 4 members (excludes halogenated alkanes) is 19. The van der Waals surface area contributed by atoms with Crippen LogP contribution >= 0.6 is 0 Å². The van der Waals surface area contributed by atoms with E-state index in [9.17, 15) is 19.8 Å². The molecule has 0 bridgehead atoms. The molecule has 0 rings (SSSR count). The molecule has 0 saturated heterocycles. The molecule has 0 fully saturated rings. The van der Waals surface area contributed by atoms with Crippen LogP contribution in [-0.2, 0) is 14.3 Å². The minimum atomic E-state index is -0.828. The van der Waals surface area contributed by atoms with Crippen LogP contribution in [0.3, 0.4) is 0 Å². The second-order valence-electron chi connectivity index (χ2n) is 17.6. The van der Waals surface area contributed by atoms with Crippen molar-refractivity contribution >= 4 is 11.9 Å². The maximum absolute atomic E-state index is 13.2. The first-order valence-corrected chi connectivity index (χ1v) is 26.8. The van der Waals surface area contributed by atoms with Crippen molar-refractivity contribution in [3.8, 4) is 0 Å². The number of carbonyl (C=O) groups is 2. The molecular weight excluding hydrogens is 815 g/mol. The van der Waals surface area contributed by atoms with Gasteiger partial charge in [0.15, 0.2) is 0 Å². The Kier molecular flexibility index (Phi) is 49.3. The van der Waals surface area contributed by atoms with Crippen LogP contribution < -0.4 is 5.32 Å². The number of aliphatic hydroxyl groups excluding tert-OH is 2. The number of esters is 1. The van der Waals surface area contributed by atoms with E-state index in [0.717, 1.165) is 83.5 Å². The van der Waals surface area contributed by atoms with E-state index in [4.69, 9.17) is 4.74 Å². The van der Waals surface area contributed by atoms with Crippen LogP contribution in [0.4, 0.5) is 0 Å². The zero-order chi connectivity index (χ0) is 48.1. The van der Waals surface area contributed by atoms with Crippen molar-refractivity contribution < 1.29 is 24.5 Å². The quantitative estimate of drug-likeness (QED) is 0.0245. The largest absolute Gasteiger partial charge is 0.461 e. The van der Waals surface area contributed by atoms with Gasteiger partial charge in [-0.05, 0) is 64.2 Å². The maximum atomic E-state index is 13.2. The lowest BCUT2D eigenvalue weighted by atomic mass is 10.0. The molecule has 0 aromatic rings. The van der Waals surface area contributed by atoms with Crippen LogP contribution in [0.25, 0.3) is 0 Å². The standard InChI is InChI=1S/C60H99NO5/c1-4-7-10-13-16-19-22-25-28-29-32-34-37-40-43-46-49-52-58(63)57(55-62)61-59(64)54-56(51-48-45-42-39-36-33-30-26-23-20-17-14-11-8-5-2)66-60(65)53-50-47-44-41-38-35-31-27-24-21-18-15-12-9-6-3/h8-9,11-12,15,17-18,20-21,24,26-27,30-31,35-36,38-39,45,48,56-58,62-63H,4-7,10,13-14,16,19,22-23,25,28-29,32-34,37,40-44,46-47,49-55H2,1-3H3,(H,61,64)/b11-8-,12-9+,18-15+,20-17-,24-21-,30-26-,31-27-,38-35+,39-36-,48-45-. The maximum Gasteiger partial charge on any atom is 0.306 e. The number of aliphatic hydroxyl groups is 2. The zero-order valence-electron chi connectivity index (χ0n) is 42.5. The molecule has 0 aromatic heterocycles. The summed E-state index contributed by atoms with van der Waals surface area (Å²) in [5, 5.41) is 23.8. The van der Waals surface area contributed by atoms with E-state index in [-0.39, 0.29) is 24.9 Å². The minimum Gasteiger partial charge on any atom is -0.461 e. The summed E-state index contributed by atoms with van der Waals surface area (Å²) in [5.74, 6) is -0.639. The first-order valence-electron chi connectivity index (χ1n) is 26.8. The van der Waals surface area contributed by atoms with Crippen LogP contribution in [0.2, 0.25) is 0 Å². The molecule has 0 heterocycles. The average Bonchev–Trinajstić information content (AvgIpc) is 3.31. The third kappa shape index (κ3) is 46.8. The van der Waals surface area contributed by atoms with Crippen molar-refractivity contribution in [3.63, 3.8) is 0 Å². The van der Waals surface area contributed by atoms with E-state index in [2.05, 4.69) is 86.8 Å². The molecule has 3 atom stereocenters. The van der Waals surface area contributed by atoms with Crippen molar-refractivity contribution in [1.82, 2.24) is 5.32 Å². The van der Waals surface area contributed by atoms with E-state index in [1.54, 1.807) is 0 Å². The van der Waals surface area contributed by atoms with Crippen LogP contribution in [0.5, 0.6) is 0 Å². The van der Waals surface area contributed by atoms with Crippen molar-refractivity contribution in [1.29, 1.82) is 0 Å². The molecule has 6 heteroatoms. The van der Waals surface area contributed by atoms with Crippen molar-refractivity contribution in [2.75, 3.05) is 6.61 Å². The number of hydrogen-bond donors (Lipinski definition) is 3. The second kappa shape index (κ2) is 52.2. The monoisotopic (exact) mass is 914 g/mol. The van der Waals surface area contributed by atoms with Gasteiger partial charge in [0.2, 0.25) is 5.91 Å². The fourth-order valence-electron chi connectivity index (χ4n) is 7.41. The second-order valence-corrected chi connectivity index (χ2v) is 17.6. The summed E-state index contributed by atoms with van der Waals surface area (Å²) in [6.45, 7) is 6.19. The van der Waals surface area contributed by atoms with Crippen molar-refractivity contribution in [2.45, 2.75) is 238 Å². The number of amides is 1. The molecule has 0 spiro atoms. The SMILES string of the molecule is CC/C=C\C/C=C\C/C=C\C/C=C\C/C=C\CC(CC(=O)NC(CO)C(O)CCCCCCCCCCCCCCCCCCC)OC(=O)CCCCC/C=C/C=C\C=C/C=C/C=C/CC. The van der Waals surface area contributed by atoms with E-state index < -0.39 is 18.2 Å². The van der Waals surface area contributed by atoms with Gasteiger partial charge in [0.05, 0.1) is 25.2 Å². The lowest BCUT2D eigenvalue weighted by Crippen LogP contribution is -2.46. The molecule has 1 amide bonds. The fraction of sp³-hybridized carbons (Fsp3) is 0.633. The number of ether oxygens (including phenoxy) is 1. The van der Waals surface area contributed by atoms with Crippen molar-refractivity contribution in [3.05, 3.63) is 122 Å². The summed E-state index contributed by atoms with van der Waals surface area (Å²) in [4.78, 5) is 26.1. The molecule has 0 aliphatic rings. The summed E-state index contributed by atoms with van der Waals surface area (Å²) in [6.07, 6.45) is 72.7. The Balaban J connectivity index is 4.76. The molecule has 0 aliphatic heterocycles. The van der Waals surface area contributed by atoms with Crippen LogP contribution in [0.1, 0.15) is 220 Å². The lowest BCUT2D eigenvalue weighted by Gasteiger charge is -2.24. The molecule has 0 radical (unpaired) electrons. The van der Waals surface area contributed by atoms with Crippen molar-refractivity contribution in [2.24, 2.45) is 0 Å². The highest BCUT2D eigenvalue weighted by Crippen LogP contribution is 2.16. The summed E-state index contributed by atoms with van der Waals surface area (Å²) in [6, 6.07) is -0.750. The molecule has 0 saturated carbocycles. The number of allylic oxidation sites excluding steroid dienone is 19. The van der Waals surface area contributed by atoms with E-state index >= 15 is 0 Å². The lowest BCUT2D eigenvalue weighted by molar-refractivity contribution is -0.150. The highest BCUT2D eigenvalue weighted by molar-refractivity contribution is 5.77. The average molecular weight is 914 g/mol. The van der Waals surface area contributed by atoms with Gasteiger partial charge in [-0.25, -0.2) is 0 Å². The minimum absolute atomic E-state index is 0.0257. The summed E-state index contributed by atoms with van der Waals surface area (Å²) < 4.78 is 5.85. The Labute approximate surface area is 406 Å². The number of rotatable bonds is 46. The van der Waals surface area contributed by atoms with Crippen LogP contribution in [0, 0.1) is 0 Å². The van der Waals surface area contributed by atoms with Gasteiger partial charge in [-0.15, -0.1) is 0 Å². The molecule has 0 aromatic carbocycles. The summed E-state index contributed by atoms with van der Waals surface area (Å²) in [5.41, 5.74) is 0. The Morgan fingerprint density at radius 3 is 1.39 bits per heavy atom. The van der Waals surface area contributed by atoms with E-state index in [1.165, 1.54) is 89.9 Å². The third-order valence-electron chi connectivity index (χ3n) is 11.4. The molecular formula is C60H99NO5. The third-order valence-corrected chi connectivity index (χ3v) is 11.4. The first-order chi connectivity index (χ1) is 32.5. The molecule has 6 nitrogen and oxygen atoms in total. The van der Waals surface area contributed by atoms with Gasteiger partial charge in [0.25, 0.3) is 0 Å².